The molecule has 136 valence electrons. The smallest absolute Gasteiger partial charge is 0.241 e. The van der Waals surface area contributed by atoms with E-state index in [4.69, 9.17) is 4.98 Å². The number of thiazole rings is 1. The number of hydrogen-bond donors (Lipinski definition) is 0. The van der Waals surface area contributed by atoms with E-state index in [2.05, 4.69) is 12.1 Å². The molecule has 2 aromatic carbocycles. The number of aromatic nitrogens is 1. The van der Waals surface area contributed by atoms with Gasteiger partial charge in [-0.25, -0.2) is 13.4 Å². The fraction of sp³-hybridized carbons (Fsp3) is 0.250. The van der Waals surface area contributed by atoms with E-state index in [0.29, 0.717) is 18.0 Å². The van der Waals surface area contributed by atoms with Gasteiger partial charge in [0.1, 0.15) is 0 Å². The monoisotopic (exact) mass is 386 g/mol. The lowest BCUT2D eigenvalue weighted by molar-refractivity contribution is 0.445. The summed E-state index contributed by atoms with van der Waals surface area (Å²) >= 11 is 1.62. The molecule has 0 atom stereocenters. The van der Waals surface area contributed by atoms with Crippen molar-refractivity contribution in [2.24, 2.45) is 0 Å². The first kappa shape index (κ1) is 18.8. The average molecular weight is 387 g/mol. The standard InChI is InChI=1S/C20H22N2O2S2/c1-3-22(4-2)26(23,24)18-12-10-17(11-13-18)19-15-25-20(21-19)14-16-8-6-5-7-9-16/h5-13,15H,3-4,14H2,1-2H3. The predicted octanol–water partition coefficient (Wildman–Crippen LogP) is 4.43. The Hall–Kier alpha value is -2.02. The minimum Gasteiger partial charge on any atom is -0.241 e. The van der Waals surface area contributed by atoms with Crippen molar-refractivity contribution in [2.75, 3.05) is 13.1 Å². The average Bonchev–Trinajstić information content (AvgIpc) is 3.12. The molecule has 6 heteroatoms. The van der Waals surface area contributed by atoms with Crippen molar-refractivity contribution < 1.29 is 8.42 Å². The first-order valence-electron chi connectivity index (χ1n) is 8.63. The first-order chi connectivity index (χ1) is 12.5. The molecule has 0 radical (unpaired) electrons. The van der Waals surface area contributed by atoms with Gasteiger partial charge in [-0.2, -0.15) is 4.31 Å². The van der Waals surface area contributed by atoms with Crippen LogP contribution < -0.4 is 0 Å². The number of hydrogen-bond acceptors (Lipinski definition) is 4. The Morgan fingerprint density at radius 1 is 0.962 bits per heavy atom. The normalized spacial score (nSPS) is 11.8. The SMILES string of the molecule is CCN(CC)S(=O)(=O)c1ccc(-c2csc(Cc3ccccc3)n2)cc1. The molecule has 0 saturated carbocycles. The van der Waals surface area contributed by atoms with Gasteiger partial charge in [-0.3, -0.25) is 0 Å². The molecule has 0 bridgehead atoms. The Morgan fingerprint density at radius 3 is 2.23 bits per heavy atom. The molecule has 1 heterocycles. The zero-order valence-corrected chi connectivity index (χ0v) is 16.6. The van der Waals surface area contributed by atoms with Gasteiger partial charge in [0, 0.05) is 30.5 Å². The summed E-state index contributed by atoms with van der Waals surface area (Å²) < 4.78 is 26.6. The second kappa shape index (κ2) is 8.12. The van der Waals surface area contributed by atoms with Crippen LogP contribution in [0.5, 0.6) is 0 Å². The van der Waals surface area contributed by atoms with Gasteiger partial charge in [0.25, 0.3) is 0 Å². The molecule has 0 spiro atoms. The van der Waals surface area contributed by atoms with Crippen LogP contribution in [-0.2, 0) is 16.4 Å². The largest absolute Gasteiger partial charge is 0.243 e. The van der Waals surface area contributed by atoms with Crippen molar-refractivity contribution in [3.8, 4) is 11.3 Å². The molecular formula is C20H22N2O2S2. The van der Waals surface area contributed by atoms with Gasteiger partial charge in [0.15, 0.2) is 0 Å². The quantitative estimate of drug-likeness (QED) is 0.603. The van der Waals surface area contributed by atoms with Crippen LogP contribution in [0.1, 0.15) is 24.4 Å². The fourth-order valence-electron chi connectivity index (χ4n) is 2.81. The number of benzene rings is 2. The van der Waals surface area contributed by atoms with Crippen LogP contribution in [0.15, 0.2) is 64.9 Å². The number of nitrogens with zero attached hydrogens (tertiary/aromatic N) is 2. The summed E-state index contributed by atoms with van der Waals surface area (Å²) in [5.74, 6) is 0. The van der Waals surface area contributed by atoms with Crippen LogP contribution in [0.4, 0.5) is 0 Å². The summed E-state index contributed by atoms with van der Waals surface area (Å²) in [6.45, 7) is 4.63. The van der Waals surface area contributed by atoms with Crippen molar-refractivity contribution in [1.82, 2.24) is 9.29 Å². The topological polar surface area (TPSA) is 50.3 Å². The molecule has 0 aliphatic heterocycles. The third-order valence-corrected chi connectivity index (χ3v) is 7.16. The molecule has 0 amide bonds. The van der Waals surface area contributed by atoms with E-state index in [-0.39, 0.29) is 0 Å². The van der Waals surface area contributed by atoms with Crippen LogP contribution in [0.25, 0.3) is 11.3 Å². The lowest BCUT2D eigenvalue weighted by Crippen LogP contribution is -2.30. The molecule has 3 rings (SSSR count). The Bertz CT molecular complexity index is 945. The van der Waals surface area contributed by atoms with E-state index in [1.807, 2.05) is 49.6 Å². The van der Waals surface area contributed by atoms with Gasteiger partial charge >= 0.3 is 0 Å². The lowest BCUT2D eigenvalue weighted by atomic mass is 10.1. The Kier molecular flexibility index (Phi) is 5.86. The van der Waals surface area contributed by atoms with E-state index in [1.54, 1.807) is 23.5 Å². The molecule has 0 aliphatic carbocycles. The molecule has 1 aromatic heterocycles. The van der Waals surface area contributed by atoms with Gasteiger partial charge in [0.2, 0.25) is 10.0 Å². The molecule has 0 aliphatic rings. The van der Waals surface area contributed by atoms with E-state index in [9.17, 15) is 8.42 Å². The summed E-state index contributed by atoms with van der Waals surface area (Å²) in [5.41, 5.74) is 3.04. The van der Waals surface area contributed by atoms with Crippen molar-refractivity contribution in [3.63, 3.8) is 0 Å². The second-order valence-electron chi connectivity index (χ2n) is 5.90. The molecule has 0 saturated heterocycles. The molecule has 0 fully saturated rings. The second-order valence-corrected chi connectivity index (χ2v) is 8.78. The molecule has 0 unspecified atom stereocenters. The predicted molar refractivity (Wildman–Crippen MR) is 107 cm³/mol. The summed E-state index contributed by atoms with van der Waals surface area (Å²) in [5, 5.41) is 3.07. The van der Waals surface area contributed by atoms with Gasteiger partial charge in [-0.05, 0) is 17.7 Å². The van der Waals surface area contributed by atoms with Gasteiger partial charge in [-0.1, -0.05) is 56.3 Å². The summed E-state index contributed by atoms with van der Waals surface area (Å²) in [4.78, 5) is 5.02. The van der Waals surface area contributed by atoms with Crippen LogP contribution >= 0.6 is 11.3 Å². The van der Waals surface area contributed by atoms with E-state index >= 15 is 0 Å². The molecule has 3 aromatic rings. The Balaban J connectivity index is 1.79. The Morgan fingerprint density at radius 2 is 1.62 bits per heavy atom. The summed E-state index contributed by atoms with van der Waals surface area (Å²) in [7, 11) is -3.42. The fourth-order valence-corrected chi connectivity index (χ4v) is 5.10. The Labute approximate surface area is 159 Å². The number of rotatable bonds is 7. The molecule has 0 N–H and O–H groups in total. The van der Waals surface area contributed by atoms with Gasteiger partial charge in [-0.15, -0.1) is 11.3 Å². The summed E-state index contributed by atoms with van der Waals surface area (Å²) in [6, 6.07) is 17.2. The summed E-state index contributed by atoms with van der Waals surface area (Å²) in [6.07, 6.45) is 0.805. The minimum absolute atomic E-state index is 0.324. The van der Waals surface area contributed by atoms with Crippen molar-refractivity contribution in [3.05, 3.63) is 70.5 Å². The highest BCUT2D eigenvalue weighted by molar-refractivity contribution is 7.89. The van der Waals surface area contributed by atoms with E-state index < -0.39 is 10.0 Å². The molecule has 4 nitrogen and oxygen atoms in total. The van der Waals surface area contributed by atoms with E-state index in [0.717, 1.165) is 22.7 Å². The minimum atomic E-state index is -3.42. The highest BCUT2D eigenvalue weighted by Crippen LogP contribution is 2.25. The van der Waals surface area contributed by atoms with Crippen LogP contribution in [0.3, 0.4) is 0 Å². The van der Waals surface area contributed by atoms with Gasteiger partial charge < -0.3 is 0 Å². The van der Waals surface area contributed by atoms with Crippen molar-refractivity contribution >= 4 is 21.4 Å². The highest BCUT2D eigenvalue weighted by Gasteiger charge is 2.21. The first-order valence-corrected chi connectivity index (χ1v) is 11.0. The van der Waals surface area contributed by atoms with Crippen LogP contribution in [0.2, 0.25) is 0 Å². The van der Waals surface area contributed by atoms with Gasteiger partial charge in [0.05, 0.1) is 15.6 Å². The highest BCUT2D eigenvalue weighted by atomic mass is 32.2. The molecular weight excluding hydrogens is 364 g/mol. The van der Waals surface area contributed by atoms with Crippen molar-refractivity contribution in [1.29, 1.82) is 0 Å². The zero-order valence-electron chi connectivity index (χ0n) is 14.9. The molecule has 26 heavy (non-hydrogen) atoms. The van der Waals surface area contributed by atoms with Crippen LogP contribution in [-0.4, -0.2) is 30.8 Å². The maximum absolute atomic E-state index is 12.6. The maximum Gasteiger partial charge on any atom is 0.243 e. The van der Waals surface area contributed by atoms with Crippen LogP contribution in [0, 0.1) is 0 Å². The maximum atomic E-state index is 12.6. The zero-order chi connectivity index (χ0) is 18.6. The van der Waals surface area contributed by atoms with E-state index in [1.165, 1.54) is 9.87 Å². The lowest BCUT2D eigenvalue weighted by Gasteiger charge is -2.18. The third kappa shape index (κ3) is 4.03. The number of sulfonamides is 1. The third-order valence-electron chi connectivity index (χ3n) is 4.24. The van der Waals surface area contributed by atoms with Crippen molar-refractivity contribution in [2.45, 2.75) is 25.2 Å².